The molecule has 2 atom stereocenters. The fraction of sp³-hybridized carbons (Fsp3) is 0.667. The topological polar surface area (TPSA) is 71.0 Å². The molecule has 1 heterocycles. The van der Waals surface area contributed by atoms with Gasteiger partial charge in [-0.1, -0.05) is 12.1 Å². The Morgan fingerprint density at radius 1 is 1.29 bits per heavy atom. The van der Waals surface area contributed by atoms with Gasteiger partial charge < -0.3 is 19.9 Å². The van der Waals surface area contributed by atoms with Crippen molar-refractivity contribution >= 4 is 17.9 Å². The lowest BCUT2D eigenvalue weighted by Gasteiger charge is -2.33. The third kappa shape index (κ3) is 6.87. The van der Waals surface area contributed by atoms with Gasteiger partial charge in [0.05, 0.1) is 25.1 Å². The van der Waals surface area contributed by atoms with Gasteiger partial charge in [-0.2, -0.15) is 0 Å². The summed E-state index contributed by atoms with van der Waals surface area (Å²) in [5.74, 6) is 2.10. The number of carbonyl (C=O) groups excluding carboxylic acids is 1. The summed E-state index contributed by atoms with van der Waals surface area (Å²) in [5, 5.41) is 14.2. The molecule has 1 aromatic rings. The molecule has 2 rings (SSSR count). The van der Waals surface area contributed by atoms with Crippen LogP contribution in [0.3, 0.4) is 0 Å². The van der Waals surface area contributed by atoms with Crippen LogP contribution in [0.15, 0.2) is 24.3 Å². The number of ether oxygens (including phenoxy) is 2. The minimum absolute atomic E-state index is 0.196. The minimum atomic E-state index is -0.655. The first kappa shape index (κ1) is 22.8. The van der Waals surface area contributed by atoms with Gasteiger partial charge >= 0.3 is 6.09 Å². The molecule has 1 fully saturated rings. The van der Waals surface area contributed by atoms with Crippen LogP contribution in [0.1, 0.15) is 40.2 Å². The number of rotatable bonds is 7. The molecular formula is C21H34N2O4S. The van der Waals surface area contributed by atoms with Crippen molar-refractivity contribution in [3.63, 3.8) is 0 Å². The van der Waals surface area contributed by atoms with Gasteiger partial charge in [0.25, 0.3) is 0 Å². The number of aliphatic hydroxyl groups excluding tert-OH is 1. The first-order valence-electron chi connectivity index (χ1n) is 9.64. The summed E-state index contributed by atoms with van der Waals surface area (Å²) in [6, 6.07) is 7.76. The first-order valence-corrected chi connectivity index (χ1v) is 10.8. The summed E-state index contributed by atoms with van der Waals surface area (Å²) in [4.78, 5) is 14.1. The number of methoxy groups -OCH3 is 1. The third-order valence-corrected chi connectivity index (χ3v) is 5.62. The number of thioether (sulfide) groups is 1. The van der Waals surface area contributed by atoms with Gasteiger partial charge in [-0.05, 0) is 58.7 Å². The zero-order chi connectivity index (χ0) is 20.9. The molecule has 0 unspecified atom stereocenters. The van der Waals surface area contributed by atoms with Crippen molar-refractivity contribution in [2.45, 2.75) is 64.3 Å². The standard InChI is InChI=1S/C21H34N2O4S/c1-20(2,3)27-19(25)23-14-28-13-17(23)18(24)12-22-21(4,5)11-15-7-9-16(26-6)10-8-15/h7-10,17-18,22,24H,11-14H2,1-6H3/t17-,18+/m1/s1. The van der Waals surface area contributed by atoms with Crippen LogP contribution in [0.25, 0.3) is 0 Å². The Bertz CT molecular complexity index is 643. The summed E-state index contributed by atoms with van der Waals surface area (Å²) in [7, 11) is 1.66. The van der Waals surface area contributed by atoms with E-state index in [1.165, 1.54) is 5.56 Å². The van der Waals surface area contributed by atoms with Crippen molar-refractivity contribution in [2.24, 2.45) is 0 Å². The van der Waals surface area contributed by atoms with Gasteiger partial charge in [0.2, 0.25) is 0 Å². The van der Waals surface area contributed by atoms with E-state index >= 15 is 0 Å². The fourth-order valence-corrected chi connectivity index (χ4v) is 4.36. The summed E-state index contributed by atoms with van der Waals surface area (Å²) >= 11 is 1.64. The Morgan fingerprint density at radius 2 is 1.93 bits per heavy atom. The zero-order valence-corrected chi connectivity index (χ0v) is 18.6. The van der Waals surface area contributed by atoms with Crippen molar-refractivity contribution in [2.75, 3.05) is 25.3 Å². The molecule has 2 N–H and O–H groups in total. The highest BCUT2D eigenvalue weighted by Gasteiger charge is 2.37. The van der Waals surface area contributed by atoms with E-state index in [9.17, 15) is 9.90 Å². The quantitative estimate of drug-likeness (QED) is 0.719. The van der Waals surface area contributed by atoms with Crippen LogP contribution in [-0.4, -0.2) is 64.7 Å². The van der Waals surface area contributed by atoms with Crippen LogP contribution < -0.4 is 10.1 Å². The monoisotopic (exact) mass is 410 g/mol. The van der Waals surface area contributed by atoms with E-state index in [0.29, 0.717) is 18.2 Å². The predicted octanol–water partition coefficient (Wildman–Crippen LogP) is 3.28. The Labute approximate surface area is 173 Å². The Morgan fingerprint density at radius 3 is 2.50 bits per heavy atom. The van der Waals surface area contributed by atoms with Gasteiger partial charge in [-0.15, -0.1) is 11.8 Å². The molecule has 0 saturated carbocycles. The zero-order valence-electron chi connectivity index (χ0n) is 17.8. The van der Waals surface area contributed by atoms with Gasteiger partial charge in [0, 0.05) is 17.8 Å². The number of β-amino-alcohol motifs (C(OH)–C–C–N with tert-alkyl or cyclic N) is 1. The fourth-order valence-electron chi connectivity index (χ4n) is 3.12. The van der Waals surface area contributed by atoms with E-state index in [4.69, 9.17) is 9.47 Å². The molecule has 0 spiro atoms. The minimum Gasteiger partial charge on any atom is -0.497 e. The summed E-state index contributed by atoms with van der Waals surface area (Å²) in [6.07, 6.45) is -0.199. The second-order valence-corrected chi connectivity index (χ2v) is 9.87. The number of hydrogen-bond donors (Lipinski definition) is 2. The van der Waals surface area contributed by atoms with Gasteiger partial charge in [-0.25, -0.2) is 4.79 Å². The molecule has 0 aromatic heterocycles. The molecule has 1 amide bonds. The maximum absolute atomic E-state index is 12.4. The SMILES string of the molecule is COc1ccc(CC(C)(C)NC[C@H](O)[C@H]2CSCN2C(=O)OC(C)(C)C)cc1. The normalized spacial score (nSPS) is 18.8. The molecule has 158 valence electrons. The number of hydrogen-bond acceptors (Lipinski definition) is 6. The van der Waals surface area contributed by atoms with Crippen LogP contribution in [-0.2, 0) is 11.2 Å². The van der Waals surface area contributed by atoms with Crippen molar-refractivity contribution in [1.82, 2.24) is 10.2 Å². The number of carbonyl (C=O) groups is 1. The summed E-state index contributed by atoms with van der Waals surface area (Å²) < 4.78 is 10.7. The molecule has 7 heteroatoms. The molecule has 1 saturated heterocycles. The Balaban J connectivity index is 1.89. The highest BCUT2D eigenvalue weighted by molar-refractivity contribution is 7.99. The van der Waals surface area contributed by atoms with Gasteiger partial charge in [0.15, 0.2) is 0 Å². The van der Waals surface area contributed by atoms with Crippen LogP contribution in [0.4, 0.5) is 4.79 Å². The van der Waals surface area contributed by atoms with E-state index in [1.54, 1.807) is 23.8 Å². The lowest BCUT2D eigenvalue weighted by molar-refractivity contribution is 0.00653. The maximum atomic E-state index is 12.4. The molecule has 6 nitrogen and oxygen atoms in total. The second kappa shape index (κ2) is 9.37. The van der Waals surface area contributed by atoms with Gasteiger partial charge in [0.1, 0.15) is 11.4 Å². The molecule has 1 aliphatic heterocycles. The molecule has 28 heavy (non-hydrogen) atoms. The van der Waals surface area contributed by atoms with E-state index in [1.807, 2.05) is 32.9 Å². The summed E-state index contributed by atoms with van der Waals surface area (Å²) in [5.41, 5.74) is 0.454. The third-order valence-electron chi connectivity index (χ3n) is 4.59. The second-order valence-electron chi connectivity index (χ2n) is 8.87. The maximum Gasteiger partial charge on any atom is 0.411 e. The van der Waals surface area contributed by atoms with Crippen molar-refractivity contribution in [1.29, 1.82) is 0 Å². The lowest BCUT2D eigenvalue weighted by atomic mass is 9.94. The van der Waals surface area contributed by atoms with Crippen LogP contribution >= 0.6 is 11.8 Å². The molecule has 0 bridgehead atoms. The molecule has 1 aromatic carbocycles. The Hall–Kier alpha value is -1.44. The molecule has 0 radical (unpaired) electrons. The van der Waals surface area contributed by atoms with Crippen LogP contribution in [0, 0.1) is 0 Å². The first-order chi connectivity index (χ1) is 13.0. The molecule has 1 aliphatic rings. The Kier molecular flexibility index (Phi) is 7.65. The van der Waals surface area contributed by atoms with E-state index < -0.39 is 11.7 Å². The predicted molar refractivity (Wildman–Crippen MR) is 114 cm³/mol. The number of amides is 1. The van der Waals surface area contributed by atoms with Crippen molar-refractivity contribution < 1.29 is 19.4 Å². The average molecular weight is 411 g/mol. The highest BCUT2D eigenvalue weighted by Crippen LogP contribution is 2.26. The number of benzene rings is 1. The lowest BCUT2D eigenvalue weighted by Crippen LogP contribution is -2.52. The summed E-state index contributed by atoms with van der Waals surface area (Å²) in [6.45, 7) is 10.2. The van der Waals surface area contributed by atoms with Gasteiger partial charge in [-0.3, -0.25) is 4.90 Å². The van der Waals surface area contributed by atoms with Crippen molar-refractivity contribution in [3.8, 4) is 5.75 Å². The number of nitrogens with zero attached hydrogens (tertiary/aromatic N) is 1. The van der Waals surface area contributed by atoms with Crippen molar-refractivity contribution in [3.05, 3.63) is 29.8 Å². The number of aliphatic hydroxyl groups is 1. The van der Waals surface area contributed by atoms with E-state index in [-0.39, 0.29) is 17.7 Å². The number of nitrogens with one attached hydrogen (secondary N) is 1. The smallest absolute Gasteiger partial charge is 0.411 e. The average Bonchev–Trinajstić information content (AvgIpc) is 3.09. The van der Waals surface area contributed by atoms with E-state index in [2.05, 4.69) is 31.3 Å². The highest BCUT2D eigenvalue weighted by atomic mass is 32.2. The largest absolute Gasteiger partial charge is 0.497 e. The van der Waals surface area contributed by atoms with Crippen LogP contribution in [0.5, 0.6) is 5.75 Å². The molecular weight excluding hydrogens is 376 g/mol. The van der Waals surface area contributed by atoms with E-state index in [0.717, 1.165) is 12.2 Å². The molecule has 0 aliphatic carbocycles. The van der Waals surface area contributed by atoms with Crippen LogP contribution in [0.2, 0.25) is 0 Å².